The highest BCUT2D eigenvalue weighted by Gasteiger charge is 2.20. The van der Waals surface area contributed by atoms with Crippen LogP contribution in [0.25, 0.3) is 0 Å². The van der Waals surface area contributed by atoms with E-state index in [0.29, 0.717) is 6.04 Å². The van der Waals surface area contributed by atoms with Crippen LogP contribution in [0.1, 0.15) is 35.8 Å². The van der Waals surface area contributed by atoms with Crippen molar-refractivity contribution >= 4 is 0 Å². The van der Waals surface area contributed by atoms with Gasteiger partial charge in [0.2, 0.25) is 0 Å². The maximum absolute atomic E-state index is 4.30. The van der Waals surface area contributed by atoms with E-state index in [9.17, 15) is 0 Å². The topological polar surface area (TPSA) is 47.7 Å². The molecule has 3 heterocycles. The molecule has 1 fully saturated rings. The SMILES string of the molecule is Cc1c(Cn2cncc2C2CCCN2)cnn1C. The highest BCUT2D eigenvalue weighted by Crippen LogP contribution is 2.23. The minimum Gasteiger partial charge on any atom is -0.329 e. The Morgan fingerprint density at radius 2 is 2.33 bits per heavy atom. The molecule has 0 aliphatic carbocycles. The van der Waals surface area contributed by atoms with Crippen LogP contribution >= 0.6 is 0 Å². The molecule has 0 aromatic carbocycles. The summed E-state index contributed by atoms with van der Waals surface area (Å²) < 4.78 is 4.15. The number of rotatable bonds is 3. The summed E-state index contributed by atoms with van der Waals surface area (Å²) >= 11 is 0. The van der Waals surface area contributed by atoms with Crippen molar-refractivity contribution in [3.8, 4) is 0 Å². The van der Waals surface area contributed by atoms with E-state index in [2.05, 4.69) is 26.9 Å². The Labute approximate surface area is 107 Å². The van der Waals surface area contributed by atoms with Crippen molar-refractivity contribution in [2.24, 2.45) is 7.05 Å². The summed E-state index contributed by atoms with van der Waals surface area (Å²) in [5.74, 6) is 0. The maximum Gasteiger partial charge on any atom is 0.0951 e. The number of nitrogens with one attached hydrogen (secondary N) is 1. The van der Waals surface area contributed by atoms with Crippen LogP contribution in [0.3, 0.4) is 0 Å². The van der Waals surface area contributed by atoms with Gasteiger partial charge in [0, 0.05) is 30.5 Å². The highest BCUT2D eigenvalue weighted by molar-refractivity contribution is 5.18. The van der Waals surface area contributed by atoms with Gasteiger partial charge in [-0.05, 0) is 26.3 Å². The van der Waals surface area contributed by atoms with Crippen LogP contribution in [0.15, 0.2) is 18.7 Å². The van der Waals surface area contributed by atoms with Gasteiger partial charge in [0.25, 0.3) is 0 Å². The Hall–Kier alpha value is -1.62. The van der Waals surface area contributed by atoms with Gasteiger partial charge in [0.1, 0.15) is 0 Å². The zero-order valence-corrected chi connectivity index (χ0v) is 10.9. The monoisotopic (exact) mass is 245 g/mol. The van der Waals surface area contributed by atoms with Crippen molar-refractivity contribution in [3.63, 3.8) is 0 Å². The first-order valence-electron chi connectivity index (χ1n) is 6.46. The third-order valence-electron chi connectivity index (χ3n) is 3.84. The highest BCUT2D eigenvalue weighted by atomic mass is 15.3. The van der Waals surface area contributed by atoms with Crippen molar-refractivity contribution in [2.75, 3.05) is 6.54 Å². The zero-order valence-electron chi connectivity index (χ0n) is 10.9. The summed E-state index contributed by atoms with van der Waals surface area (Å²) in [5, 5.41) is 7.81. The summed E-state index contributed by atoms with van der Waals surface area (Å²) in [7, 11) is 1.98. The van der Waals surface area contributed by atoms with Crippen LogP contribution in [0.2, 0.25) is 0 Å². The van der Waals surface area contributed by atoms with Gasteiger partial charge in [-0.25, -0.2) is 4.98 Å². The molecule has 1 saturated heterocycles. The summed E-state index contributed by atoms with van der Waals surface area (Å²) in [6.45, 7) is 4.07. The molecule has 0 bridgehead atoms. The second-order valence-electron chi connectivity index (χ2n) is 4.97. The molecule has 1 N–H and O–H groups in total. The molecule has 3 rings (SSSR count). The average molecular weight is 245 g/mol. The van der Waals surface area contributed by atoms with Gasteiger partial charge in [-0.2, -0.15) is 5.10 Å². The largest absolute Gasteiger partial charge is 0.329 e. The molecular weight excluding hydrogens is 226 g/mol. The van der Waals surface area contributed by atoms with Crippen LogP contribution in [0.4, 0.5) is 0 Å². The van der Waals surface area contributed by atoms with Gasteiger partial charge in [-0.15, -0.1) is 0 Å². The predicted octanol–water partition coefficient (Wildman–Crippen LogP) is 1.40. The van der Waals surface area contributed by atoms with E-state index in [1.54, 1.807) is 0 Å². The first-order chi connectivity index (χ1) is 8.75. The summed E-state index contributed by atoms with van der Waals surface area (Å²) in [4.78, 5) is 4.30. The van der Waals surface area contributed by atoms with Gasteiger partial charge in [-0.1, -0.05) is 0 Å². The zero-order chi connectivity index (χ0) is 12.5. The number of hydrogen-bond donors (Lipinski definition) is 1. The van der Waals surface area contributed by atoms with Gasteiger partial charge in [-0.3, -0.25) is 4.68 Å². The van der Waals surface area contributed by atoms with Gasteiger partial charge >= 0.3 is 0 Å². The Morgan fingerprint density at radius 1 is 1.44 bits per heavy atom. The lowest BCUT2D eigenvalue weighted by Gasteiger charge is -2.13. The molecule has 1 unspecified atom stereocenters. The minimum absolute atomic E-state index is 0.462. The predicted molar refractivity (Wildman–Crippen MR) is 69.3 cm³/mol. The Bertz CT molecular complexity index is 533. The Morgan fingerprint density at radius 3 is 3.00 bits per heavy atom. The van der Waals surface area contributed by atoms with E-state index < -0.39 is 0 Å². The summed E-state index contributed by atoms with van der Waals surface area (Å²) in [6, 6.07) is 0.462. The number of hydrogen-bond acceptors (Lipinski definition) is 3. The van der Waals surface area contributed by atoms with E-state index in [1.165, 1.54) is 29.8 Å². The van der Waals surface area contributed by atoms with E-state index in [-0.39, 0.29) is 0 Å². The molecule has 18 heavy (non-hydrogen) atoms. The fraction of sp³-hybridized carbons (Fsp3) is 0.538. The molecular formula is C13H19N5. The molecule has 96 valence electrons. The molecule has 1 atom stereocenters. The smallest absolute Gasteiger partial charge is 0.0951 e. The fourth-order valence-electron chi connectivity index (χ4n) is 2.57. The van der Waals surface area contributed by atoms with Crippen molar-refractivity contribution < 1.29 is 0 Å². The molecule has 2 aromatic rings. The quantitative estimate of drug-likeness (QED) is 0.889. The number of aryl methyl sites for hydroxylation is 1. The summed E-state index contributed by atoms with van der Waals surface area (Å²) in [6.07, 6.45) is 8.30. The van der Waals surface area contributed by atoms with E-state index >= 15 is 0 Å². The van der Waals surface area contributed by atoms with Crippen LogP contribution < -0.4 is 5.32 Å². The molecule has 0 saturated carbocycles. The van der Waals surface area contributed by atoms with Gasteiger partial charge in [0.05, 0.1) is 24.8 Å². The Kier molecular flexibility index (Phi) is 2.91. The molecule has 5 nitrogen and oxygen atoms in total. The minimum atomic E-state index is 0.462. The third-order valence-corrected chi connectivity index (χ3v) is 3.84. The molecule has 1 aliphatic heterocycles. The maximum atomic E-state index is 4.30. The molecule has 0 amide bonds. The average Bonchev–Trinajstić information content (AvgIpc) is 3.06. The van der Waals surface area contributed by atoms with Crippen molar-refractivity contribution in [3.05, 3.63) is 35.7 Å². The lowest BCUT2D eigenvalue weighted by atomic mass is 10.1. The van der Waals surface area contributed by atoms with Crippen molar-refractivity contribution in [1.82, 2.24) is 24.6 Å². The number of nitrogens with zero attached hydrogens (tertiary/aromatic N) is 4. The molecule has 0 spiro atoms. The van der Waals surface area contributed by atoms with Gasteiger partial charge < -0.3 is 9.88 Å². The Balaban J connectivity index is 1.84. The van der Waals surface area contributed by atoms with Crippen molar-refractivity contribution in [1.29, 1.82) is 0 Å². The standard InChI is InChI=1S/C13H19N5/c1-10-11(6-16-17(10)2)8-18-9-14-7-13(18)12-4-3-5-15-12/h6-7,9,12,15H,3-5,8H2,1-2H3. The number of aromatic nitrogens is 4. The number of imidazole rings is 1. The summed E-state index contributed by atoms with van der Waals surface area (Å²) in [5.41, 5.74) is 3.76. The van der Waals surface area contributed by atoms with Gasteiger partial charge in [0.15, 0.2) is 0 Å². The second kappa shape index (κ2) is 4.57. The normalized spacial score (nSPS) is 19.6. The van der Waals surface area contributed by atoms with E-state index in [1.807, 2.05) is 30.5 Å². The van der Waals surface area contributed by atoms with Crippen LogP contribution in [-0.4, -0.2) is 25.9 Å². The lowest BCUT2D eigenvalue weighted by molar-refractivity contribution is 0.583. The fourth-order valence-corrected chi connectivity index (χ4v) is 2.57. The molecule has 5 heteroatoms. The first kappa shape index (κ1) is 11.5. The first-order valence-corrected chi connectivity index (χ1v) is 6.46. The van der Waals surface area contributed by atoms with E-state index in [0.717, 1.165) is 13.1 Å². The van der Waals surface area contributed by atoms with Crippen LogP contribution in [-0.2, 0) is 13.6 Å². The van der Waals surface area contributed by atoms with Crippen LogP contribution in [0.5, 0.6) is 0 Å². The third kappa shape index (κ3) is 1.95. The molecule has 0 radical (unpaired) electrons. The lowest BCUT2D eigenvalue weighted by Crippen LogP contribution is -2.17. The molecule has 1 aliphatic rings. The second-order valence-corrected chi connectivity index (χ2v) is 4.97. The molecule has 2 aromatic heterocycles. The van der Waals surface area contributed by atoms with E-state index in [4.69, 9.17) is 0 Å². The van der Waals surface area contributed by atoms with Crippen LogP contribution in [0, 0.1) is 6.92 Å². The van der Waals surface area contributed by atoms with Crippen molar-refractivity contribution in [2.45, 2.75) is 32.4 Å².